The number of rotatable bonds is 1. The van der Waals surface area contributed by atoms with Gasteiger partial charge in [-0.2, -0.15) is 0 Å². The van der Waals surface area contributed by atoms with Gasteiger partial charge < -0.3 is 14.6 Å². The zero-order valence-corrected chi connectivity index (χ0v) is 13.6. The molecule has 6 heteroatoms. The lowest BCUT2D eigenvalue weighted by Crippen LogP contribution is -2.48. The summed E-state index contributed by atoms with van der Waals surface area (Å²) in [5, 5.41) is 10.2. The summed E-state index contributed by atoms with van der Waals surface area (Å²) in [6.45, 7) is 5.94. The van der Waals surface area contributed by atoms with E-state index in [1.54, 1.807) is 0 Å². The van der Waals surface area contributed by atoms with Gasteiger partial charge in [0.1, 0.15) is 11.6 Å². The minimum absolute atomic E-state index is 0.00582. The third-order valence-electron chi connectivity index (χ3n) is 5.39. The molecule has 124 valence electrons. The summed E-state index contributed by atoms with van der Waals surface area (Å²) in [6, 6.07) is -0.630. The molecule has 2 saturated carbocycles. The van der Waals surface area contributed by atoms with Crippen molar-refractivity contribution in [3.8, 4) is 0 Å². The second-order valence-electron chi connectivity index (χ2n) is 7.80. The van der Waals surface area contributed by atoms with Crippen LogP contribution in [0.25, 0.3) is 0 Å². The third kappa shape index (κ3) is 2.37. The van der Waals surface area contributed by atoms with Crippen molar-refractivity contribution in [3.63, 3.8) is 0 Å². The molecule has 1 saturated heterocycles. The first-order valence-corrected chi connectivity index (χ1v) is 7.98. The Labute approximate surface area is 130 Å². The summed E-state index contributed by atoms with van der Waals surface area (Å²) in [7, 11) is 1.34. The molecule has 3 fully saturated rings. The van der Waals surface area contributed by atoms with Gasteiger partial charge in [0, 0.05) is 12.5 Å². The molecular formula is C16H25NO5. The second-order valence-corrected chi connectivity index (χ2v) is 7.80. The predicted molar refractivity (Wildman–Crippen MR) is 77.9 cm³/mol. The Morgan fingerprint density at radius 1 is 1.18 bits per heavy atom. The van der Waals surface area contributed by atoms with Crippen molar-refractivity contribution in [1.29, 1.82) is 0 Å². The summed E-state index contributed by atoms with van der Waals surface area (Å²) < 4.78 is 10.4. The van der Waals surface area contributed by atoms with Gasteiger partial charge in [0.25, 0.3) is 0 Å². The average Bonchev–Trinajstić information content (AvgIpc) is 3.04. The van der Waals surface area contributed by atoms with Gasteiger partial charge in [-0.3, -0.25) is 4.90 Å². The number of ether oxygens (including phenoxy) is 2. The Bertz CT molecular complexity index is 485. The van der Waals surface area contributed by atoms with Crippen molar-refractivity contribution in [2.75, 3.05) is 13.7 Å². The van der Waals surface area contributed by atoms with Crippen molar-refractivity contribution in [2.45, 2.75) is 51.4 Å². The van der Waals surface area contributed by atoms with E-state index in [1.165, 1.54) is 12.0 Å². The van der Waals surface area contributed by atoms with Crippen LogP contribution in [-0.4, -0.2) is 53.5 Å². The van der Waals surface area contributed by atoms with Crippen LogP contribution in [0.2, 0.25) is 0 Å². The Kier molecular flexibility index (Phi) is 3.62. The van der Waals surface area contributed by atoms with Crippen molar-refractivity contribution in [2.24, 2.45) is 23.7 Å². The van der Waals surface area contributed by atoms with Crippen LogP contribution >= 0.6 is 0 Å². The highest BCUT2D eigenvalue weighted by Gasteiger charge is 2.62. The van der Waals surface area contributed by atoms with Crippen molar-refractivity contribution >= 4 is 12.1 Å². The van der Waals surface area contributed by atoms with Crippen LogP contribution in [0.1, 0.15) is 33.6 Å². The molecule has 0 radical (unpaired) electrons. The number of carbonyl (C=O) groups excluding carboxylic acids is 2. The number of esters is 1. The van der Waals surface area contributed by atoms with Crippen molar-refractivity contribution in [1.82, 2.24) is 4.90 Å². The maximum absolute atomic E-state index is 12.5. The van der Waals surface area contributed by atoms with Crippen LogP contribution in [0.4, 0.5) is 4.79 Å². The first kappa shape index (κ1) is 15.6. The van der Waals surface area contributed by atoms with E-state index in [9.17, 15) is 14.7 Å². The van der Waals surface area contributed by atoms with Gasteiger partial charge in [-0.05, 0) is 51.4 Å². The molecule has 0 aromatic carbocycles. The van der Waals surface area contributed by atoms with E-state index in [4.69, 9.17) is 9.47 Å². The molecule has 0 aromatic rings. The quantitative estimate of drug-likeness (QED) is 0.741. The number of hydrogen-bond acceptors (Lipinski definition) is 5. The van der Waals surface area contributed by atoms with Gasteiger partial charge in [0.15, 0.2) is 0 Å². The van der Waals surface area contributed by atoms with E-state index in [1.807, 2.05) is 20.8 Å². The minimum Gasteiger partial charge on any atom is -0.467 e. The highest BCUT2D eigenvalue weighted by Crippen LogP contribution is 2.57. The summed E-state index contributed by atoms with van der Waals surface area (Å²) in [5.74, 6) is 0.341. The number of likely N-dealkylation sites (tertiary alicyclic amines) is 1. The average molecular weight is 311 g/mol. The number of aliphatic hydroxyl groups is 1. The number of methoxy groups -OCH3 is 1. The standard InChI is InChI=1S/C16H25NO5/c1-16(2,3)22-15(20)17-7-10-8-5-9(11(18)6-8)12(10)13(17)14(19)21-4/h8-13,18H,5-7H2,1-4H3/t8-,9+,10+,11+,12-,13-/m0/s1. The Morgan fingerprint density at radius 2 is 1.86 bits per heavy atom. The van der Waals surface area contributed by atoms with Crippen molar-refractivity contribution < 1.29 is 24.2 Å². The number of carbonyl (C=O) groups is 2. The Balaban J connectivity index is 1.85. The summed E-state index contributed by atoms with van der Waals surface area (Å²) >= 11 is 0. The minimum atomic E-state index is -0.630. The Hall–Kier alpha value is -1.30. The second kappa shape index (κ2) is 5.11. The van der Waals surface area contributed by atoms with Crippen molar-refractivity contribution in [3.05, 3.63) is 0 Å². The van der Waals surface area contributed by atoms with Crippen LogP contribution in [-0.2, 0) is 14.3 Å². The zero-order valence-electron chi connectivity index (χ0n) is 13.6. The number of nitrogens with zero attached hydrogens (tertiary/aromatic N) is 1. The van der Waals surface area contributed by atoms with Crippen LogP contribution in [0.5, 0.6) is 0 Å². The lowest BCUT2D eigenvalue weighted by Gasteiger charge is -2.32. The molecule has 6 nitrogen and oxygen atoms in total. The molecule has 2 bridgehead atoms. The molecule has 6 atom stereocenters. The summed E-state index contributed by atoms with van der Waals surface area (Å²) in [6.07, 6.45) is 0.900. The monoisotopic (exact) mass is 311 g/mol. The van der Waals surface area contributed by atoms with Gasteiger partial charge in [-0.1, -0.05) is 0 Å². The van der Waals surface area contributed by atoms with Crippen LogP contribution in [0.3, 0.4) is 0 Å². The van der Waals surface area contributed by atoms with Gasteiger partial charge in [0.2, 0.25) is 0 Å². The maximum Gasteiger partial charge on any atom is 0.411 e. The molecule has 1 N–H and O–H groups in total. The first-order chi connectivity index (χ1) is 10.2. The normalized spacial score (nSPS) is 39.8. The van der Waals surface area contributed by atoms with Gasteiger partial charge in [-0.15, -0.1) is 0 Å². The van der Waals surface area contributed by atoms with Gasteiger partial charge >= 0.3 is 12.1 Å². The van der Waals surface area contributed by atoms with E-state index < -0.39 is 23.7 Å². The summed E-state index contributed by atoms with van der Waals surface area (Å²) in [5.41, 5.74) is -0.603. The number of fused-ring (bicyclic) bond motifs is 5. The van der Waals surface area contributed by atoms with E-state index in [-0.39, 0.29) is 23.9 Å². The lowest BCUT2D eigenvalue weighted by atomic mass is 9.77. The van der Waals surface area contributed by atoms with E-state index >= 15 is 0 Å². The number of hydrogen-bond donors (Lipinski definition) is 1. The molecule has 1 amide bonds. The molecule has 0 spiro atoms. The van der Waals surface area contributed by atoms with Gasteiger partial charge in [-0.25, -0.2) is 9.59 Å². The number of amides is 1. The number of aliphatic hydroxyl groups excluding tert-OH is 1. The molecule has 3 aliphatic rings. The molecule has 1 heterocycles. The largest absolute Gasteiger partial charge is 0.467 e. The van der Waals surface area contributed by atoms with Crippen LogP contribution < -0.4 is 0 Å². The fourth-order valence-corrected chi connectivity index (χ4v) is 4.68. The highest BCUT2D eigenvalue weighted by molar-refractivity contribution is 5.83. The first-order valence-electron chi connectivity index (χ1n) is 7.98. The fourth-order valence-electron chi connectivity index (χ4n) is 4.68. The smallest absolute Gasteiger partial charge is 0.411 e. The Morgan fingerprint density at radius 3 is 2.45 bits per heavy atom. The topological polar surface area (TPSA) is 76.1 Å². The van der Waals surface area contributed by atoms with E-state index in [2.05, 4.69) is 0 Å². The van der Waals surface area contributed by atoms with Gasteiger partial charge in [0.05, 0.1) is 13.2 Å². The SMILES string of the molecule is COC(=O)[C@@H]1[C@@H]2[C@H](CN1C(=O)OC(C)(C)C)[C@H]1C[C@@H]2[C@H](O)C1. The van der Waals surface area contributed by atoms with Crippen LogP contribution in [0, 0.1) is 23.7 Å². The highest BCUT2D eigenvalue weighted by atomic mass is 16.6. The molecule has 22 heavy (non-hydrogen) atoms. The molecule has 2 aliphatic carbocycles. The van der Waals surface area contributed by atoms with Crippen LogP contribution in [0.15, 0.2) is 0 Å². The fraction of sp³-hybridized carbons (Fsp3) is 0.875. The zero-order chi connectivity index (χ0) is 16.2. The van der Waals surface area contributed by atoms with E-state index in [0.717, 1.165) is 12.8 Å². The summed E-state index contributed by atoms with van der Waals surface area (Å²) in [4.78, 5) is 26.3. The molecule has 0 aromatic heterocycles. The molecule has 3 rings (SSSR count). The van der Waals surface area contributed by atoms with E-state index in [0.29, 0.717) is 12.5 Å². The third-order valence-corrected chi connectivity index (χ3v) is 5.39. The maximum atomic E-state index is 12.5. The lowest BCUT2D eigenvalue weighted by molar-refractivity contribution is -0.148. The molecule has 1 aliphatic heterocycles. The molecular weight excluding hydrogens is 286 g/mol. The molecule has 0 unspecified atom stereocenters. The predicted octanol–water partition coefficient (Wildman–Crippen LogP) is 1.41.